The number of aromatic nitrogens is 2. The largest absolute Gasteiger partial charge is 0.384 e. The highest BCUT2D eigenvalue weighted by atomic mass is 79.9. The van der Waals surface area contributed by atoms with E-state index in [1.165, 1.54) is 0 Å². The molecule has 0 amide bonds. The third kappa shape index (κ3) is 4.36. The minimum Gasteiger partial charge on any atom is -0.384 e. The average Bonchev–Trinajstić information content (AvgIpc) is 2.38. The SMILES string of the molecule is Brc1ccc(NCCSc2ccncn2)cc1. The number of nitrogens with one attached hydrogen (secondary N) is 1. The van der Waals surface area contributed by atoms with Crippen LogP contribution in [0.3, 0.4) is 0 Å². The number of thioether (sulfide) groups is 1. The van der Waals surface area contributed by atoms with E-state index in [-0.39, 0.29) is 0 Å². The molecule has 3 nitrogen and oxygen atoms in total. The second-order valence-electron chi connectivity index (χ2n) is 3.33. The second-order valence-corrected chi connectivity index (χ2v) is 5.36. The lowest BCUT2D eigenvalue weighted by Gasteiger charge is -2.05. The van der Waals surface area contributed by atoms with Gasteiger partial charge in [0.15, 0.2) is 0 Å². The molecule has 0 aliphatic rings. The van der Waals surface area contributed by atoms with Crippen LogP contribution in [0.15, 0.2) is 52.4 Å². The Bertz CT molecular complexity index is 447. The maximum atomic E-state index is 4.15. The number of halogens is 1. The molecular formula is C12H12BrN3S. The van der Waals surface area contributed by atoms with E-state index < -0.39 is 0 Å². The molecule has 1 aromatic carbocycles. The Kier molecular flexibility index (Phi) is 4.82. The Hall–Kier alpha value is -1.07. The lowest BCUT2D eigenvalue weighted by Crippen LogP contribution is -2.03. The van der Waals surface area contributed by atoms with E-state index in [0.717, 1.165) is 27.5 Å². The van der Waals surface area contributed by atoms with Crippen LogP contribution in [0.2, 0.25) is 0 Å². The Morgan fingerprint density at radius 1 is 1.18 bits per heavy atom. The van der Waals surface area contributed by atoms with Crippen molar-refractivity contribution in [2.24, 2.45) is 0 Å². The van der Waals surface area contributed by atoms with Crippen molar-refractivity contribution in [2.45, 2.75) is 5.03 Å². The first-order chi connectivity index (χ1) is 8.34. The molecule has 17 heavy (non-hydrogen) atoms. The molecule has 1 heterocycles. The molecule has 0 atom stereocenters. The van der Waals surface area contributed by atoms with Gasteiger partial charge in [0, 0.05) is 28.7 Å². The van der Waals surface area contributed by atoms with Gasteiger partial charge in [-0.2, -0.15) is 0 Å². The number of anilines is 1. The van der Waals surface area contributed by atoms with Crippen molar-refractivity contribution in [1.82, 2.24) is 9.97 Å². The van der Waals surface area contributed by atoms with Gasteiger partial charge in [-0.05, 0) is 30.3 Å². The molecule has 0 radical (unpaired) electrons. The third-order valence-electron chi connectivity index (χ3n) is 2.08. The quantitative estimate of drug-likeness (QED) is 0.521. The fraction of sp³-hybridized carbons (Fsp3) is 0.167. The highest BCUT2D eigenvalue weighted by Crippen LogP contribution is 2.15. The molecule has 0 bridgehead atoms. The van der Waals surface area contributed by atoms with Crippen molar-refractivity contribution in [2.75, 3.05) is 17.6 Å². The topological polar surface area (TPSA) is 37.8 Å². The standard InChI is InChI=1S/C12H12BrN3S/c13-10-1-3-11(4-2-10)15-7-8-17-12-5-6-14-9-16-12/h1-6,9,15H,7-8H2. The van der Waals surface area contributed by atoms with Gasteiger partial charge in [-0.3, -0.25) is 0 Å². The molecule has 5 heteroatoms. The monoisotopic (exact) mass is 309 g/mol. The van der Waals surface area contributed by atoms with Crippen LogP contribution in [0, 0.1) is 0 Å². The number of hydrogen-bond donors (Lipinski definition) is 1. The lowest BCUT2D eigenvalue weighted by molar-refractivity contribution is 1.04. The van der Waals surface area contributed by atoms with E-state index in [4.69, 9.17) is 0 Å². The lowest BCUT2D eigenvalue weighted by atomic mass is 10.3. The smallest absolute Gasteiger partial charge is 0.116 e. The summed E-state index contributed by atoms with van der Waals surface area (Å²) in [7, 11) is 0. The maximum absolute atomic E-state index is 4.15. The van der Waals surface area contributed by atoms with Crippen molar-refractivity contribution < 1.29 is 0 Å². The van der Waals surface area contributed by atoms with Crippen LogP contribution in [0.4, 0.5) is 5.69 Å². The fourth-order valence-electron chi connectivity index (χ4n) is 1.28. The van der Waals surface area contributed by atoms with E-state index in [2.05, 4.69) is 43.3 Å². The van der Waals surface area contributed by atoms with Crippen molar-refractivity contribution in [3.63, 3.8) is 0 Å². The van der Waals surface area contributed by atoms with E-state index in [9.17, 15) is 0 Å². The van der Waals surface area contributed by atoms with Gasteiger partial charge >= 0.3 is 0 Å². The van der Waals surface area contributed by atoms with Crippen molar-refractivity contribution in [3.8, 4) is 0 Å². The predicted molar refractivity (Wildman–Crippen MR) is 75.4 cm³/mol. The van der Waals surface area contributed by atoms with Gasteiger partial charge in [-0.15, -0.1) is 11.8 Å². The van der Waals surface area contributed by atoms with Gasteiger partial charge < -0.3 is 5.32 Å². The second kappa shape index (κ2) is 6.61. The van der Waals surface area contributed by atoms with Crippen molar-refractivity contribution in [1.29, 1.82) is 0 Å². The summed E-state index contributed by atoms with van der Waals surface area (Å²) in [5, 5.41) is 4.37. The van der Waals surface area contributed by atoms with Crippen LogP contribution < -0.4 is 5.32 Å². The van der Waals surface area contributed by atoms with Crippen LogP contribution in [0.5, 0.6) is 0 Å². The first-order valence-electron chi connectivity index (χ1n) is 5.23. The summed E-state index contributed by atoms with van der Waals surface area (Å²) in [5.41, 5.74) is 1.14. The molecule has 1 N–H and O–H groups in total. The predicted octanol–water partition coefficient (Wildman–Crippen LogP) is 3.44. The Labute approximate surface area is 113 Å². The van der Waals surface area contributed by atoms with E-state index in [1.807, 2.05) is 18.2 Å². The first-order valence-corrected chi connectivity index (χ1v) is 7.01. The van der Waals surface area contributed by atoms with Crippen LogP contribution in [0.1, 0.15) is 0 Å². The molecule has 0 aliphatic carbocycles. The first kappa shape index (κ1) is 12.4. The maximum Gasteiger partial charge on any atom is 0.116 e. The molecule has 0 saturated carbocycles. The normalized spacial score (nSPS) is 10.2. The molecule has 88 valence electrons. The van der Waals surface area contributed by atoms with Gasteiger partial charge in [0.2, 0.25) is 0 Å². The summed E-state index contributed by atoms with van der Waals surface area (Å²) in [4.78, 5) is 8.04. The molecule has 0 fully saturated rings. The Morgan fingerprint density at radius 3 is 2.71 bits per heavy atom. The molecule has 0 unspecified atom stereocenters. The number of benzene rings is 1. The van der Waals surface area contributed by atoms with Crippen LogP contribution in [0.25, 0.3) is 0 Å². The molecule has 0 spiro atoms. The zero-order chi connectivity index (χ0) is 11.9. The fourth-order valence-corrected chi connectivity index (χ4v) is 2.24. The minimum atomic E-state index is 0.913. The third-order valence-corrected chi connectivity index (χ3v) is 3.55. The summed E-state index contributed by atoms with van der Waals surface area (Å²) in [6.45, 7) is 0.913. The Morgan fingerprint density at radius 2 is 2.00 bits per heavy atom. The highest BCUT2D eigenvalue weighted by molar-refractivity contribution is 9.10. The summed E-state index contributed by atoms with van der Waals surface area (Å²) in [6.07, 6.45) is 3.34. The van der Waals surface area contributed by atoms with Crippen molar-refractivity contribution in [3.05, 3.63) is 47.3 Å². The average molecular weight is 310 g/mol. The van der Waals surface area contributed by atoms with Gasteiger partial charge in [-0.25, -0.2) is 9.97 Å². The minimum absolute atomic E-state index is 0.913. The number of rotatable bonds is 5. The summed E-state index contributed by atoms with van der Waals surface area (Å²) >= 11 is 5.13. The highest BCUT2D eigenvalue weighted by Gasteiger charge is 1.95. The van der Waals surface area contributed by atoms with Crippen LogP contribution in [-0.4, -0.2) is 22.3 Å². The Balaban J connectivity index is 1.71. The van der Waals surface area contributed by atoms with Gasteiger partial charge in [-0.1, -0.05) is 15.9 Å². The summed E-state index contributed by atoms with van der Waals surface area (Å²) < 4.78 is 1.10. The zero-order valence-electron chi connectivity index (χ0n) is 9.14. The van der Waals surface area contributed by atoms with Crippen LogP contribution >= 0.6 is 27.7 Å². The number of nitrogens with zero attached hydrogens (tertiary/aromatic N) is 2. The van der Waals surface area contributed by atoms with Crippen molar-refractivity contribution >= 4 is 33.4 Å². The molecule has 2 rings (SSSR count). The van der Waals surface area contributed by atoms with Crippen LogP contribution in [-0.2, 0) is 0 Å². The zero-order valence-corrected chi connectivity index (χ0v) is 11.5. The van der Waals surface area contributed by atoms with E-state index >= 15 is 0 Å². The van der Waals surface area contributed by atoms with Gasteiger partial charge in [0.1, 0.15) is 6.33 Å². The van der Waals surface area contributed by atoms with E-state index in [1.54, 1.807) is 24.3 Å². The number of hydrogen-bond acceptors (Lipinski definition) is 4. The molecule has 0 saturated heterocycles. The summed E-state index contributed by atoms with van der Waals surface area (Å²) in [6, 6.07) is 10.1. The van der Waals surface area contributed by atoms with Gasteiger partial charge in [0.05, 0.1) is 5.03 Å². The molecular weight excluding hydrogens is 298 g/mol. The molecule has 0 aliphatic heterocycles. The molecule has 2 aromatic rings. The van der Waals surface area contributed by atoms with E-state index in [0.29, 0.717) is 0 Å². The van der Waals surface area contributed by atoms with Gasteiger partial charge in [0.25, 0.3) is 0 Å². The molecule has 1 aromatic heterocycles. The summed E-state index contributed by atoms with van der Waals surface area (Å²) in [5.74, 6) is 0.979.